The molecule has 24 heavy (non-hydrogen) atoms. The van der Waals surface area contributed by atoms with Crippen molar-refractivity contribution in [2.75, 3.05) is 5.32 Å². The van der Waals surface area contributed by atoms with E-state index in [0.29, 0.717) is 6.42 Å². The summed E-state index contributed by atoms with van der Waals surface area (Å²) in [6, 6.07) is 5.89. The van der Waals surface area contributed by atoms with E-state index in [1.807, 2.05) is 32.0 Å². The summed E-state index contributed by atoms with van der Waals surface area (Å²) >= 11 is 25.3. The number of aryl methyl sites for hydroxylation is 1. The molecule has 0 aliphatic carbocycles. The quantitative estimate of drug-likeness (QED) is 0.216. The Morgan fingerprint density at radius 3 is 2.54 bits per heavy atom. The van der Waals surface area contributed by atoms with Crippen molar-refractivity contribution < 1.29 is 4.79 Å². The zero-order chi connectivity index (χ0) is 18.3. The summed E-state index contributed by atoms with van der Waals surface area (Å²) in [5.41, 5.74) is 1.87. The van der Waals surface area contributed by atoms with Gasteiger partial charge in [0.2, 0.25) is 9.70 Å². The minimum atomic E-state index is -1.74. The molecule has 1 rings (SSSR count). The number of carbonyl (C=O) groups is 1. The van der Waals surface area contributed by atoms with E-state index >= 15 is 0 Å². The molecule has 0 aromatic heterocycles. The average Bonchev–Trinajstić information content (AvgIpc) is 2.46. The van der Waals surface area contributed by atoms with Gasteiger partial charge in [0.05, 0.1) is 0 Å². The first-order valence-corrected chi connectivity index (χ1v) is 9.95. The molecule has 134 valence electrons. The zero-order valence-corrected chi connectivity index (χ0v) is 18.5. The Morgan fingerprint density at radius 1 is 1.33 bits per heavy atom. The minimum Gasteiger partial charge on any atom is -0.339 e. The highest BCUT2D eigenvalue weighted by Crippen LogP contribution is 2.29. The molecule has 1 aromatic carbocycles. The molecule has 0 heterocycles. The first-order chi connectivity index (χ1) is 11.1. The van der Waals surface area contributed by atoms with Crippen LogP contribution in [0.2, 0.25) is 0 Å². The Hall–Kier alpha value is -0.0200. The normalized spacial score (nSPS) is 12.4. The van der Waals surface area contributed by atoms with Gasteiger partial charge in [-0.1, -0.05) is 48.1 Å². The summed E-state index contributed by atoms with van der Waals surface area (Å²) in [5.74, 6) is -0.200. The Balaban J connectivity index is 2.72. The number of anilines is 1. The largest absolute Gasteiger partial charge is 0.339 e. The molecule has 0 aliphatic heterocycles. The van der Waals surface area contributed by atoms with Gasteiger partial charge in [-0.2, -0.15) is 0 Å². The lowest BCUT2D eigenvalue weighted by atomic mass is 10.2. The standard InChI is InChI=1S/C15H19Cl3IN3OS/c1-3-4-5-12(23)21-13(15(16,17)18)22-14(24)20-11-7-6-10(19)8-9(11)2/h6-8,13H,3-5H2,1-2H3,(H,21,23)(H2,20,22,24). The summed E-state index contributed by atoms with van der Waals surface area (Å²) in [4.78, 5) is 11.9. The van der Waals surface area contributed by atoms with Crippen LogP contribution in [0.3, 0.4) is 0 Å². The fourth-order valence-electron chi connectivity index (χ4n) is 1.83. The molecule has 3 N–H and O–H groups in total. The van der Waals surface area contributed by atoms with Gasteiger partial charge in [-0.25, -0.2) is 0 Å². The maximum atomic E-state index is 11.9. The van der Waals surface area contributed by atoms with Gasteiger partial charge in [0.25, 0.3) is 0 Å². The third-order valence-corrected chi connectivity index (χ3v) is 4.65. The predicted molar refractivity (Wildman–Crippen MR) is 115 cm³/mol. The van der Waals surface area contributed by atoms with Crippen molar-refractivity contribution in [1.82, 2.24) is 10.6 Å². The fourth-order valence-corrected chi connectivity index (χ4v) is 3.03. The molecule has 0 aliphatic rings. The fraction of sp³-hybridized carbons (Fsp3) is 0.467. The molecular formula is C15H19Cl3IN3OS. The van der Waals surface area contributed by atoms with Crippen molar-refractivity contribution in [2.24, 2.45) is 0 Å². The van der Waals surface area contributed by atoms with Crippen LogP contribution < -0.4 is 16.0 Å². The second kappa shape index (κ2) is 10.2. The van der Waals surface area contributed by atoms with Crippen LogP contribution in [0, 0.1) is 10.5 Å². The molecule has 1 aromatic rings. The molecule has 1 unspecified atom stereocenters. The summed E-state index contributed by atoms with van der Waals surface area (Å²) in [6.07, 6.45) is 1.11. The van der Waals surface area contributed by atoms with Gasteiger partial charge in [-0.15, -0.1) is 0 Å². The lowest BCUT2D eigenvalue weighted by Gasteiger charge is -2.28. The number of hydrogen-bond donors (Lipinski definition) is 3. The number of amides is 1. The summed E-state index contributed by atoms with van der Waals surface area (Å²) in [5, 5.41) is 8.81. The number of benzene rings is 1. The maximum absolute atomic E-state index is 11.9. The van der Waals surface area contributed by atoms with E-state index in [1.54, 1.807) is 0 Å². The Bertz CT molecular complexity index is 596. The number of halogens is 4. The molecule has 0 bridgehead atoms. The molecule has 4 nitrogen and oxygen atoms in total. The maximum Gasteiger partial charge on any atom is 0.228 e. The van der Waals surface area contributed by atoms with E-state index < -0.39 is 9.96 Å². The Labute approximate surface area is 176 Å². The van der Waals surface area contributed by atoms with E-state index in [-0.39, 0.29) is 11.0 Å². The number of hydrogen-bond acceptors (Lipinski definition) is 2. The first kappa shape index (κ1) is 22.0. The number of carbonyl (C=O) groups excluding carboxylic acids is 1. The Kier molecular flexibility index (Phi) is 9.37. The third kappa shape index (κ3) is 7.91. The van der Waals surface area contributed by atoms with E-state index in [4.69, 9.17) is 47.0 Å². The number of unbranched alkanes of at least 4 members (excludes halogenated alkanes) is 1. The van der Waals surface area contributed by atoms with Gasteiger partial charge in [-0.3, -0.25) is 4.79 Å². The highest BCUT2D eigenvalue weighted by atomic mass is 127. The minimum absolute atomic E-state index is 0.200. The van der Waals surface area contributed by atoms with Gasteiger partial charge >= 0.3 is 0 Å². The zero-order valence-electron chi connectivity index (χ0n) is 13.3. The SMILES string of the molecule is CCCCC(=O)NC(NC(=S)Nc1ccc(I)cc1C)C(Cl)(Cl)Cl. The van der Waals surface area contributed by atoms with Crippen molar-refractivity contribution in [3.8, 4) is 0 Å². The van der Waals surface area contributed by atoms with Crippen molar-refractivity contribution >= 4 is 86.3 Å². The summed E-state index contributed by atoms with van der Waals surface area (Å²) in [6.45, 7) is 3.96. The van der Waals surface area contributed by atoms with Gasteiger partial charge in [0.1, 0.15) is 6.17 Å². The van der Waals surface area contributed by atoms with Gasteiger partial charge < -0.3 is 16.0 Å². The first-order valence-electron chi connectivity index (χ1n) is 7.33. The van der Waals surface area contributed by atoms with Crippen LogP contribution in [0.15, 0.2) is 18.2 Å². The van der Waals surface area contributed by atoms with Gasteiger partial charge in [-0.05, 0) is 71.9 Å². The van der Waals surface area contributed by atoms with E-state index in [1.165, 1.54) is 0 Å². The number of nitrogens with one attached hydrogen (secondary N) is 3. The molecular weight excluding hydrogens is 504 g/mol. The van der Waals surface area contributed by atoms with Gasteiger partial charge in [0, 0.05) is 15.7 Å². The van der Waals surface area contributed by atoms with Crippen LogP contribution in [-0.4, -0.2) is 21.0 Å². The van der Waals surface area contributed by atoms with Crippen LogP contribution in [0.1, 0.15) is 31.7 Å². The van der Waals surface area contributed by atoms with Gasteiger partial charge in [0.15, 0.2) is 5.11 Å². The predicted octanol–water partition coefficient (Wildman–Crippen LogP) is 4.89. The van der Waals surface area contributed by atoms with Crippen molar-refractivity contribution in [2.45, 2.75) is 43.1 Å². The summed E-state index contributed by atoms with van der Waals surface area (Å²) in [7, 11) is 0. The van der Waals surface area contributed by atoms with Crippen molar-refractivity contribution in [1.29, 1.82) is 0 Å². The lowest BCUT2D eigenvalue weighted by molar-refractivity contribution is -0.122. The highest BCUT2D eigenvalue weighted by molar-refractivity contribution is 14.1. The van der Waals surface area contributed by atoms with Crippen molar-refractivity contribution in [3.05, 3.63) is 27.3 Å². The van der Waals surface area contributed by atoms with Crippen LogP contribution in [0.5, 0.6) is 0 Å². The van der Waals surface area contributed by atoms with Crippen LogP contribution in [-0.2, 0) is 4.79 Å². The molecule has 0 fully saturated rings. The highest BCUT2D eigenvalue weighted by Gasteiger charge is 2.34. The average molecular weight is 523 g/mol. The molecule has 0 saturated carbocycles. The molecule has 0 spiro atoms. The Morgan fingerprint density at radius 2 is 2.00 bits per heavy atom. The van der Waals surface area contributed by atoms with Crippen LogP contribution in [0.25, 0.3) is 0 Å². The van der Waals surface area contributed by atoms with Crippen LogP contribution >= 0.6 is 69.6 Å². The summed E-state index contributed by atoms with van der Waals surface area (Å²) < 4.78 is -0.619. The number of alkyl halides is 3. The molecule has 1 atom stereocenters. The smallest absolute Gasteiger partial charge is 0.228 e. The van der Waals surface area contributed by atoms with E-state index in [0.717, 1.165) is 27.7 Å². The molecule has 0 saturated heterocycles. The van der Waals surface area contributed by atoms with E-state index in [9.17, 15) is 4.79 Å². The molecule has 0 radical (unpaired) electrons. The topological polar surface area (TPSA) is 53.2 Å². The third-order valence-electron chi connectivity index (χ3n) is 3.10. The van der Waals surface area contributed by atoms with Crippen LogP contribution in [0.4, 0.5) is 5.69 Å². The number of rotatable bonds is 6. The lowest BCUT2D eigenvalue weighted by Crippen LogP contribution is -2.56. The second-order valence-electron chi connectivity index (χ2n) is 5.20. The second-order valence-corrected chi connectivity index (χ2v) is 9.23. The van der Waals surface area contributed by atoms with E-state index in [2.05, 4.69) is 38.5 Å². The van der Waals surface area contributed by atoms with Crippen molar-refractivity contribution in [3.63, 3.8) is 0 Å². The molecule has 1 amide bonds. The monoisotopic (exact) mass is 521 g/mol. The molecule has 9 heteroatoms. The number of thiocarbonyl (C=S) groups is 1.